The molecule has 1 amide bonds. The van der Waals surface area contributed by atoms with E-state index in [9.17, 15) is 4.79 Å². The summed E-state index contributed by atoms with van der Waals surface area (Å²) in [4.78, 5) is 12.3. The van der Waals surface area contributed by atoms with E-state index in [1.807, 2.05) is 24.3 Å². The molecule has 0 bridgehead atoms. The van der Waals surface area contributed by atoms with Gasteiger partial charge in [0.1, 0.15) is 11.5 Å². The molecule has 0 spiro atoms. The molecule has 0 aliphatic carbocycles. The molecule has 3 rings (SSSR count). The number of hydrogen-bond donors (Lipinski definition) is 1. The van der Waals surface area contributed by atoms with Crippen LogP contribution in [0, 0.1) is 0 Å². The average Bonchev–Trinajstić information content (AvgIpc) is 3.15. The Kier molecular flexibility index (Phi) is 6.36. The van der Waals surface area contributed by atoms with Crippen molar-refractivity contribution in [1.82, 2.24) is 10.2 Å². The van der Waals surface area contributed by atoms with Gasteiger partial charge in [0.2, 0.25) is 11.8 Å². The summed E-state index contributed by atoms with van der Waals surface area (Å²) in [5, 5.41) is 11.1. The van der Waals surface area contributed by atoms with E-state index in [1.165, 1.54) is 7.11 Å². The average molecular weight is 450 g/mol. The molecular weight excluding hydrogens is 434 g/mol. The molecule has 0 saturated carbocycles. The molecule has 0 fully saturated rings. The van der Waals surface area contributed by atoms with Crippen molar-refractivity contribution in [2.75, 3.05) is 25.3 Å². The second kappa shape index (κ2) is 8.92. The van der Waals surface area contributed by atoms with E-state index in [0.717, 1.165) is 21.8 Å². The van der Waals surface area contributed by atoms with Crippen molar-refractivity contribution in [2.24, 2.45) is 0 Å². The number of anilines is 1. The number of ether oxygens (including phenoxy) is 2. The molecule has 0 radical (unpaired) electrons. The molecule has 0 aliphatic heterocycles. The largest absolute Gasteiger partial charge is 0.497 e. The molecule has 0 unspecified atom stereocenters. The lowest BCUT2D eigenvalue weighted by Crippen LogP contribution is -2.14. The van der Waals surface area contributed by atoms with Crippen LogP contribution in [-0.2, 0) is 4.79 Å². The highest BCUT2D eigenvalue weighted by Gasteiger charge is 2.14. The van der Waals surface area contributed by atoms with Crippen LogP contribution >= 0.6 is 27.7 Å². The summed E-state index contributed by atoms with van der Waals surface area (Å²) in [7, 11) is 3.09. The van der Waals surface area contributed by atoms with E-state index < -0.39 is 0 Å². The second-order valence-corrected chi connectivity index (χ2v) is 7.04. The molecule has 7 nitrogen and oxygen atoms in total. The van der Waals surface area contributed by atoms with Gasteiger partial charge in [-0.1, -0.05) is 23.9 Å². The van der Waals surface area contributed by atoms with E-state index >= 15 is 0 Å². The van der Waals surface area contributed by atoms with Crippen LogP contribution in [0.15, 0.2) is 56.6 Å². The van der Waals surface area contributed by atoms with E-state index in [1.54, 1.807) is 25.3 Å². The Bertz CT molecular complexity index is 948. The monoisotopic (exact) mass is 449 g/mol. The van der Waals surface area contributed by atoms with Gasteiger partial charge in [-0.15, -0.1) is 10.2 Å². The van der Waals surface area contributed by atoms with Crippen molar-refractivity contribution in [2.45, 2.75) is 5.22 Å². The number of carbonyl (C=O) groups is 1. The molecular formula is C18H16BrN3O4S. The van der Waals surface area contributed by atoms with Crippen LogP contribution in [-0.4, -0.2) is 36.1 Å². The number of aromatic nitrogens is 2. The maximum absolute atomic E-state index is 12.3. The fraction of sp³-hybridized carbons (Fsp3) is 0.167. The minimum atomic E-state index is -0.229. The fourth-order valence-corrected chi connectivity index (χ4v) is 3.25. The Hall–Kier alpha value is -2.52. The summed E-state index contributed by atoms with van der Waals surface area (Å²) in [6.07, 6.45) is 0. The van der Waals surface area contributed by atoms with Gasteiger partial charge in [0, 0.05) is 10.5 Å². The standard InChI is InChI=1S/C18H16BrN3O4S/c1-24-11-7-8-15(25-2)14(9-11)20-16(23)10-27-18-22-21-17(26-18)12-5-3-4-6-13(12)19/h3-9H,10H2,1-2H3,(H,20,23). The van der Waals surface area contributed by atoms with E-state index in [4.69, 9.17) is 13.9 Å². The highest BCUT2D eigenvalue weighted by Crippen LogP contribution is 2.30. The van der Waals surface area contributed by atoms with Crippen LogP contribution in [0.5, 0.6) is 11.5 Å². The molecule has 1 aromatic heterocycles. The Labute approximate surface area is 168 Å². The first-order valence-corrected chi connectivity index (χ1v) is 9.61. The number of thioether (sulfide) groups is 1. The number of nitrogens with one attached hydrogen (secondary N) is 1. The number of methoxy groups -OCH3 is 2. The zero-order chi connectivity index (χ0) is 19.2. The van der Waals surface area contributed by atoms with Gasteiger partial charge >= 0.3 is 0 Å². The molecule has 1 N–H and O–H groups in total. The van der Waals surface area contributed by atoms with Crippen LogP contribution in [0.3, 0.4) is 0 Å². The van der Waals surface area contributed by atoms with Crippen molar-refractivity contribution in [1.29, 1.82) is 0 Å². The third kappa shape index (κ3) is 4.81. The number of benzene rings is 2. The molecule has 2 aromatic carbocycles. The molecule has 27 heavy (non-hydrogen) atoms. The number of halogens is 1. The summed E-state index contributed by atoms with van der Waals surface area (Å²) in [5.74, 6) is 1.43. The van der Waals surface area contributed by atoms with Crippen molar-refractivity contribution < 1.29 is 18.7 Å². The molecule has 1 heterocycles. The van der Waals surface area contributed by atoms with Gasteiger partial charge in [0.15, 0.2) is 0 Å². The lowest BCUT2D eigenvalue weighted by Gasteiger charge is -2.11. The van der Waals surface area contributed by atoms with Crippen molar-refractivity contribution >= 4 is 39.3 Å². The normalized spacial score (nSPS) is 10.5. The summed E-state index contributed by atoms with van der Waals surface area (Å²) in [6.45, 7) is 0. The Morgan fingerprint density at radius 3 is 2.74 bits per heavy atom. The summed E-state index contributed by atoms with van der Waals surface area (Å²) >= 11 is 4.60. The first-order chi connectivity index (χ1) is 13.1. The number of carbonyl (C=O) groups excluding carboxylic acids is 1. The number of hydrogen-bond acceptors (Lipinski definition) is 7. The van der Waals surface area contributed by atoms with Gasteiger partial charge in [-0.3, -0.25) is 4.79 Å². The lowest BCUT2D eigenvalue weighted by molar-refractivity contribution is -0.113. The first kappa shape index (κ1) is 19.2. The third-order valence-corrected chi connectivity index (χ3v) is 5.03. The Balaban J connectivity index is 1.63. The SMILES string of the molecule is COc1ccc(OC)c(NC(=O)CSc2nnc(-c3ccccc3Br)o2)c1. The van der Waals surface area contributed by atoms with E-state index in [2.05, 4.69) is 31.4 Å². The number of rotatable bonds is 7. The zero-order valence-corrected chi connectivity index (χ0v) is 17.0. The van der Waals surface area contributed by atoms with Gasteiger partial charge in [-0.2, -0.15) is 0 Å². The topological polar surface area (TPSA) is 86.5 Å². The highest BCUT2D eigenvalue weighted by atomic mass is 79.9. The van der Waals surface area contributed by atoms with Crippen molar-refractivity contribution in [3.8, 4) is 23.0 Å². The molecule has 0 saturated heterocycles. The Morgan fingerprint density at radius 2 is 2.00 bits per heavy atom. The summed E-state index contributed by atoms with van der Waals surface area (Å²) in [5.41, 5.74) is 1.32. The number of amides is 1. The summed E-state index contributed by atoms with van der Waals surface area (Å²) in [6, 6.07) is 12.7. The minimum absolute atomic E-state index is 0.109. The number of nitrogens with zero attached hydrogens (tertiary/aromatic N) is 2. The zero-order valence-electron chi connectivity index (χ0n) is 14.6. The van der Waals surface area contributed by atoms with Gasteiger partial charge in [-0.05, 0) is 40.2 Å². The smallest absolute Gasteiger partial charge is 0.277 e. The predicted molar refractivity (Wildman–Crippen MR) is 106 cm³/mol. The first-order valence-electron chi connectivity index (χ1n) is 7.84. The third-order valence-electron chi connectivity index (χ3n) is 3.52. The maximum Gasteiger partial charge on any atom is 0.277 e. The van der Waals surface area contributed by atoms with Crippen LogP contribution < -0.4 is 14.8 Å². The van der Waals surface area contributed by atoms with E-state index in [0.29, 0.717) is 28.3 Å². The van der Waals surface area contributed by atoms with Crippen molar-refractivity contribution in [3.05, 3.63) is 46.9 Å². The quantitative estimate of drug-likeness (QED) is 0.539. The van der Waals surface area contributed by atoms with Crippen LogP contribution in [0.2, 0.25) is 0 Å². The molecule has 0 atom stereocenters. The molecule has 0 aliphatic rings. The van der Waals surface area contributed by atoms with E-state index in [-0.39, 0.29) is 11.7 Å². The predicted octanol–water partition coefficient (Wildman–Crippen LogP) is 4.25. The fourth-order valence-electron chi connectivity index (χ4n) is 2.24. The van der Waals surface area contributed by atoms with Gasteiger partial charge in [0.25, 0.3) is 5.22 Å². The van der Waals surface area contributed by atoms with Crippen LogP contribution in [0.25, 0.3) is 11.5 Å². The summed E-state index contributed by atoms with van der Waals surface area (Å²) < 4.78 is 16.9. The maximum atomic E-state index is 12.3. The van der Waals surface area contributed by atoms with Gasteiger partial charge in [-0.25, -0.2) is 0 Å². The van der Waals surface area contributed by atoms with Crippen LogP contribution in [0.4, 0.5) is 5.69 Å². The van der Waals surface area contributed by atoms with Gasteiger partial charge in [0.05, 0.1) is 31.2 Å². The molecule has 9 heteroatoms. The second-order valence-electron chi connectivity index (χ2n) is 5.26. The van der Waals surface area contributed by atoms with Crippen LogP contribution in [0.1, 0.15) is 0 Å². The minimum Gasteiger partial charge on any atom is -0.497 e. The van der Waals surface area contributed by atoms with Gasteiger partial charge < -0.3 is 19.2 Å². The highest BCUT2D eigenvalue weighted by molar-refractivity contribution is 9.10. The lowest BCUT2D eigenvalue weighted by atomic mass is 10.2. The molecule has 140 valence electrons. The Morgan fingerprint density at radius 1 is 1.19 bits per heavy atom. The van der Waals surface area contributed by atoms with Crippen molar-refractivity contribution in [3.63, 3.8) is 0 Å². The molecule has 3 aromatic rings.